The van der Waals surface area contributed by atoms with Crippen LogP contribution in [0, 0.1) is 13.8 Å². The summed E-state index contributed by atoms with van der Waals surface area (Å²) in [6, 6.07) is 9.03. The molecule has 3 aromatic rings. The zero-order valence-corrected chi connectivity index (χ0v) is 16.1. The molecule has 1 aliphatic heterocycles. The molecule has 0 aliphatic carbocycles. The molecule has 0 fully saturated rings. The van der Waals surface area contributed by atoms with Crippen LogP contribution < -0.4 is 4.90 Å². The van der Waals surface area contributed by atoms with Gasteiger partial charge < -0.3 is 14.1 Å². The fraction of sp³-hybridized carbons (Fsp3) is 0.250. The van der Waals surface area contributed by atoms with Crippen molar-refractivity contribution in [3.63, 3.8) is 0 Å². The summed E-state index contributed by atoms with van der Waals surface area (Å²) in [6.07, 6.45) is 0.702. The van der Waals surface area contributed by atoms with Crippen molar-refractivity contribution in [2.45, 2.75) is 20.3 Å². The molecule has 0 atom stereocenters. The first-order valence-electron chi connectivity index (χ1n) is 8.55. The number of aryl methyl sites for hydroxylation is 2. The molecule has 0 radical (unpaired) electrons. The van der Waals surface area contributed by atoms with Gasteiger partial charge in [-0.3, -0.25) is 4.79 Å². The van der Waals surface area contributed by atoms with Gasteiger partial charge in [0.25, 0.3) is 5.91 Å². The van der Waals surface area contributed by atoms with Crippen LogP contribution >= 0.6 is 11.3 Å². The number of carbonyl (C=O) groups excluding carboxylic acids is 2. The maximum absolute atomic E-state index is 13.1. The molecule has 27 heavy (non-hydrogen) atoms. The molecule has 0 saturated carbocycles. The summed E-state index contributed by atoms with van der Waals surface area (Å²) in [5.41, 5.74) is 2.98. The van der Waals surface area contributed by atoms with E-state index in [0.29, 0.717) is 39.9 Å². The molecule has 138 valence electrons. The van der Waals surface area contributed by atoms with Gasteiger partial charge in [-0.1, -0.05) is 0 Å². The topological polar surface area (TPSA) is 72.6 Å². The highest BCUT2D eigenvalue weighted by molar-refractivity contribution is 7.17. The van der Waals surface area contributed by atoms with E-state index in [9.17, 15) is 9.59 Å². The summed E-state index contributed by atoms with van der Waals surface area (Å²) in [5, 5.41) is 0.699. The van der Waals surface area contributed by atoms with Crippen LogP contribution in [0.25, 0.3) is 10.8 Å². The number of fused-ring (bicyclic) bond motifs is 1. The summed E-state index contributed by atoms with van der Waals surface area (Å²) in [5.74, 6) is 1.02. The standard InChI is InChI=1S/C20H18N2O4S/c1-11-4-7-16(26-11)18-21-12(2)17(27-18)19(23)22-9-8-13-10-14(20(24)25-3)5-6-15(13)22/h4-7,10H,8-9H2,1-3H3. The molecule has 2 aromatic heterocycles. The van der Waals surface area contributed by atoms with Crippen molar-refractivity contribution in [1.29, 1.82) is 0 Å². The van der Waals surface area contributed by atoms with E-state index >= 15 is 0 Å². The molecule has 4 rings (SSSR count). The molecule has 6 nitrogen and oxygen atoms in total. The average Bonchev–Trinajstić information content (AvgIpc) is 3.37. The molecule has 0 N–H and O–H groups in total. The Morgan fingerprint density at radius 2 is 2.04 bits per heavy atom. The van der Waals surface area contributed by atoms with E-state index in [1.807, 2.05) is 26.0 Å². The van der Waals surface area contributed by atoms with Crippen molar-refractivity contribution in [3.8, 4) is 10.8 Å². The predicted molar refractivity (Wildman–Crippen MR) is 102 cm³/mol. The number of hydrogen-bond acceptors (Lipinski definition) is 6. The highest BCUT2D eigenvalue weighted by Crippen LogP contribution is 2.34. The quantitative estimate of drug-likeness (QED) is 0.640. The van der Waals surface area contributed by atoms with Crippen molar-refractivity contribution < 1.29 is 18.7 Å². The number of furan rings is 1. The number of rotatable bonds is 3. The van der Waals surface area contributed by atoms with Gasteiger partial charge in [-0.2, -0.15) is 0 Å². The monoisotopic (exact) mass is 382 g/mol. The van der Waals surface area contributed by atoms with Gasteiger partial charge in [0.05, 0.1) is 18.4 Å². The Morgan fingerprint density at radius 3 is 2.74 bits per heavy atom. The summed E-state index contributed by atoms with van der Waals surface area (Å²) in [4.78, 5) is 31.7. The Morgan fingerprint density at radius 1 is 1.22 bits per heavy atom. The smallest absolute Gasteiger partial charge is 0.337 e. The molecule has 1 aromatic carbocycles. The highest BCUT2D eigenvalue weighted by atomic mass is 32.1. The van der Waals surface area contributed by atoms with E-state index in [0.717, 1.165) is 17.0 Å². The van der Waals surface area contributed by atoms with E-state index in [-0.39, 0.29) is 11.9 Å². The van der Waals surface area contributed by atoms with Crippen LogP contribution in [0.2, 0.25) is 0 Å². The number of ether oxygens (including phenoxy) is 1. The van der Waals surface area contributed by atoms with Crippen molar-refractivity contribution in [1.82, 2.24) is 4.98 Å². The van der Waals surface area contributed by atoms with Crippen molar-refractivity contribution in [3.05, 3.63) is 57.8 Å². The summed E-state index contributed by atoms with van der Waals surface area (Å²) >= 11 is 1.34. The highest BCUT2D eigenvalue weighted by Gasteiger charge is 2.29. The largest absolute Gasteiger partial charge is 0.465 e. The van der Waals surface area contributed by atoms with Crippen LogP contribution in [-0.2, 0) is 11.2 Å². The Bertz CT molecular complexity index is 1050. The minimum absolute atomic E-state index is 0.0795. The summed E-state index contributed by atoms with van der Waals surface area (Å²) in [7, 11) is 1.36. The lowest BCUT2D eigenvalue weighted by Gasteiger charge is -2.16. The first-order chi connectivity index (χ1) is 13.0. The number of benzene rings is 1. The number of anilines is 1. The molecule has 0 unspecified atom stereocenters. The maximum atomic E-state index is 13.1. The fourth-order valence-electron chi connectivity index (χ4n) is 3.23. The van der Waals surface area contributed by atoms with Gasteiger partial charge in [0, 0.05) is 12.2 Å². The van der Waals surface area contributed by atoms with Crippen LogP contribution in [-0.4, -0.2) is 30.5 Å². The van der Waals surface area contributed by atoms with Crippen molar-refractivity contribution in [2.75, 3.05) is 18.6 Å². The number of carbonyl (C=O) groups is 2. The predicted octanol–water partition coefficient (Wildman–Crippen LogP) is 4.01. The lowest BCUT2D eigenvalue weighted by atomic mass is 10.1. The van der Waals surface area contributed by atoms with Gasteiger partial charge in [-0.25, -0.2) is 9.78 Å². The zero-order chi connectivity index (χ0) is 19.1. The third-order valence-electron chi connectivity index (χ3n) is 4.58. The first kappa shape index (κ1) is 17.5. The number of amides is 1. The average molecular weight is 382 g/mol. The SMILES string of the molecule is COC(=O)c1ccc2c(c1)CCN2C(=O)c1sc(-c2ccc(C)o2)nc1C. The molecule has 0 bridgehead atoms. The maximum Gasteiger partial charge on any atom is 0.337 e. The number of methoxy groups -OCH3 is 1. The first-order valence-corrected chi connectivity index (χ1v) is 9.37. The molecule has 7 heteroatoms. The third-order valence-corrected chi connectivity index (χ3v) is 5.74. The number of thiazole rings is 1. The normalized spacial score (nSPS) is 12.9. The van der Waals surface area contributed by atoms with Gasteiger partial charge >= 0.3 is 5.97 Å². The van der Waals surface area contributed by atoms with E-state index in [4.69, 9.17) is 9.15 Å². The second-order valence-electron chi connectivity index (χ2n) is 6.39. The van der Waals surface area contributed by atoms with Gasteiger partial charge in [0.1, 0.15) is 10.6 Å². The van der Waals surface area contributed by atoms with E-state index in [1.54, 1.807) is 23.1 Å². The van der Waals surface area contributed by atoms with Crippen LogP contribution in [0.15, 0.2) is 34.7 Å². The van der Waals surface area contributed by atoms with Crippen LogP contribution in [0.3, 0.4) is 0 Å². The molecule has 0 spiro atoms. The molecular weight excluding hydrogens is 364 g/mol. The number of hydrogen-bond donors (Lipinski definition) is 0. The molecule has 1 amide bonds. The lowest BCUT2D eigenvalue weighted by molar-refractivity contribution is 0.0600. The second kappa shape index (κ2) is 6.66. The Hall–Kier alpha value is -2.93. The number of aromatic nitrogens is 1. The van der Waals surface area contributed by atoms with Gasteiger partial charge in [0.15, 0.2) is 10.8 Å². The lowest BCUT2D eigenvalue weighted by Crippen LogP contribution is -2.28. The van der Waals surface area contributed by atoms with Crippen molar-refractivity contribution in [2.24, 2.45) is 0 Å². The van der Waals surface area contributed by atoms with Crippen LogP contribution in [0.1, 0.15) is 37.0 Å². The van der Waals surface area contributed by atoms with E-state index in [1.165, 1.54) is 18.4 Å². The Labute approximate surface area is 160 Å². The molecule has 1 aliphatic rings. The minimum Gasteiger partial charge on any atom is -0.465 e. The second-order valence-corrected chi connectivity index (χ2v) is 7.38. The van der Waals surface area contributed by atoms with Crippen LogP contribution in [0.5, 0.6) is 0 Å². The molecule has 0 saturated heterocycles. The Balaban J connectivity index is 1.64. The van der Waals surface area contributed by atoms with Gasteiger partial charge in [-0.15, -0.1) is 11.3 Å². The minimum atomic E-state index is -0.376. The zero-order valence-electron chi connectivity index (χ0n) is 15.2. The van der Waals surface area contributed by atoms with Gasteiger partial charge in [-0.05, 0) is 56.2 Å². The summed E-state index contributed by atoms with van der Waals surface area (Å²) < 4.78 is 10.4. The van der Waals surface area contributed by atoms with E-state index < -0.39 is 0 Å². The number of esters is 1. The molecular formula is C20H18N2O4S. The summed E-state index contributed by atoms with van der Waals surface area (Å²) in [6.45, 7) is 4.28. The third kappa shape index (κ3) is 3.04. The van der Waals surface area contributed by atoms with Crippen LogP contribution in [0.4, 0.5) is 5.69 Å². The van der Waals surface area contributed by atoms with E-state index in [2.05, 4.69) is 4.98 Å². The van der Waals surface area contributed by atoms with Gasteiger partial charge in [0.2, 0.25) is 0 Å². The fourth-order valence-corrected chi connectivity index (χ4v) is 4.21. The molecule has 3 heterocycles. The Kier molecular flexibility index (Phi) is 4.31. The van der Waals surface area contributed by atoms with Crippen molar-refractivity contribution >= 4 is 28.9 Å². The number of nitrogens with zero attached hydrogens (tertiary/aromatic N) is 2.